The average Bonchev–Trinajstić information content (AvgIpc) is 3.00. The molecule has 25 heavy (non-hydrogen) atoms. The van der Waals surface area contributed by atoms with Gasteiger partial charge in [0.25, 0.3) is 5.69 Å². The number of carboxylic acid groups (broad SMARTS) is 1. The summed E-state index contributed by atoms with van der Waals surface area (Å²) >= 11 is 0. The van der Waals surface area contributed by atoms with Crippen molar-refractivity contribution in [2.24, 2.45) is 0 Å². The van der Waals surface area contributed by atoms with Crippen LogP contribution in [-0.4, -0.2) is 16.0 Å². The lowest BCUT2D eigenvalue weighted by Gasteiger charge is -2.11. The maximum absolute atomic E-state index is 11.7. The maximum Gasteiger partial charge on any atom is 0.336 e. The van der Waals surface area contributed by atoms with Crippen molar-refractivity contribution in [1.29, 1.82) is 0 Å². The molecule has 0 unspecified atom stereocenters. The first kappa shape index (κ1) is 15.1. The van der Waals surface area contributed by atoms with Crippen molar-refractivity contribution in [3.8, 4) is 22.3 Å². The van der Waals surface area contributed by atoms with Crippen LogP contribution in [0.15, 0.2) is 60.7 Å². The smallest absolute Gasteiger partial charge is 0.336 e. The Bertz CT molecular complexity index is 1040. The van der Waals surface area contributed by atoms with Crippen LogP contribution in [0, 0.1) is 10.1 Å². The molecule has 0 aliphatic heterocycles. The van der Waals surface area contributed by atoms with E-state index in [1.807, 2.05) is 30.3 Å². The molecular formula is C20H13NO4. The molecule has 0 saturated heterocycles. The zero-order valence-electron chi connectivity index (χ0n) is 13.1. The molecule has 1 aliphatic carbocycles. The predicted octanol–water partition coefficient (Wildman–Crippen LogP) is 4.53. The lowest BCUT2D eigenvalue weighted by molar-refractivity contribution is -0.384. The molecule has 0 fully saturated rings. The second kappa shape index (κ2) is 5.56. The Morgan fingerprint density at radius 2 is 1.60 bits per heavy atom. The molecule has 0 aromatic heterocycles. The van der Waals surface area contributed by atoms with Crippen molar-refractivity contribution >= 4 is 11.7 Å². The first-order chi connectivity index (χ1) is 12.1. The topological polar surface area (TPSA) is 80.4 Å². The maximum atomic E-state index is 11.7. The molecule has 1 aliphatic rings. The highest BCUT2D eigenvalue weighted by Crippen LogP contribution is 2.42. The number of rotatable bonds is 3. The molecule has 0 bridgehead atoms. The third-order valence-corrected chi connectivity index (χ3v) is 4.59. The number of aromatic carboxylic acids is 1. The Hall–Kier alpha value is -3.47. The summed E-state index contributed by atoms with van der Waals surface area (Å²) in [5.74, 6) is -1.17. The summed E-state index contributed by atoms with van der Waals surface area (Å²) < 4.78 is 0. The first-order valence-electron chi connectivity index (χ1n) is 7.78. The largest absolute Gasteiger partial charge is 0.478 e. The SMILES string of the molecule is O=C(O)c1cc([N+](=O)[O-])ccc1-c1cccc2c1Cc1ccccc1-2. The van der Waals surface area contributed by atoms with Crippen LogP contribution in [0.4, 0.5) is 5.69 Å². The van der Waals surface area contributed by atoms with E-state index >= 15 is 0 Å². The van der Waals surface area contributed by atoms with Crippen LogP contribution < -0.4 is 0 Å². The lowest BCUT2D eigenvalue weighted by Crippen LogP contribution is -2.02. The van der Waals surface area contributed by atoms with Crippen molar-refractivity contribution in [1.82, 2.24) is 0 Å². The molecule has 122 valence electrons. The van der Waals surface area contributed by atoms with E-state index in [1.165, 1.54) is 17.7 Å². The number of nitrogens with zero attached hydrogens (tertiary/aromatic N) is 1. The number of nitro groups is 1. The highest BCUT2D eigenvalue weighted by Gasteiger charge is 2.24. The van der Waals surface area contributed by atoms with Gasteiger partial charge in [0.2, 0.25) is 0 Å². The van der Waals surface area contributed by atoms with Crippen LogP contribution >= 0.6 is 0 Å². The van der Waals surface area contributed by atoms with Crippen molar-refractivity contribution in [3.63, 3.8) is 0 Å². The summed E-state index contributed by atoms with van der Waals surface area (Å²) in [5, 5.41) is 20.5. The third kappa shape index (κ3) is 2.37. The molecule has 3 aromatic rings. The van der Waals surface area contributed by atoms with Crippen molar-refractivity contribution in [2.45, 2.75) is 6.42 Å². The van der Waals surface area contributed by atoms with Crippen LogP contribution in [-0.2, 0) is 6.42 Å². The molecule has 0 amide bonds. The summed E-state index contributed by atoms with van der Waals surface area (Å²) in [5.41, 5.74) is 5.52. The Balaban J connectivity index is 1.93. The molecule has 3 aromatic carbocycles. The van der Waals surface area contributed by atoms with Gasteiger partial charge in [-0.05, 0) is 45.9 Å². The van der Waals surface area contributed by atoms with E-state index in [-0.39, 0.29) is 11.3 Å². The molecule has 0 radical (unpaired) electrons. The highest BCUT2D eigenvalue weighted by atomic mass is 16.6. The number of fused-ring (bicyclic) bond motifs is 3. The Labute approximate surface area is 143 Å². The fraction of sp³-hybridized carbons (Fsp3) is 0.0500. The number of benzene rings is 3. The molecule has 5 heteroatoms. The fourth-order valence-corrected chi connectivity index (χ4v) is 3.47. The van der Waals surface area contributed by atoms with Gasteiger partial charge in [-0.3, -0.25) is 10.1 Å². The summed E-state index contributed by atoms with van der Waals surface area (Å²) in [7, 11) is 0. The predicted molar refractivity (Wildman–Crippen MR) is 93.7 cm³/mol. The van der Waals surface area contributed by atoms with Crippen LogP contribution in [0.1, 0.15) is 21.5 Å². The summed E-state index contributed by atoms with van der Waals surface area (Å²) in [6, 6.07) is 17.9. The number of non-ortho nitro benzene ring substituents is 1. The molecule has 0 atom stereocenters. The molecule has 0 spiro atoms. The quantitative estimate of drug-likeness (QED) is 0.442. The van der Waals surface area contributed by atoms with Gasteiger partial charge in [-0.15, -0.1) is 0 Å². The molecule has 0 saturated carbocycles. The van der Waals surface area contributed by atoms with Crippen LogP contribution in [0.25, 0.3) is 22.3 Å². The van der Waals surface area contributed by atoms with Gasteiger partial charge in [0, 0.05) is 12.1 Å². The van der Waals surface area contributed by atoms with E-state index in [1.54, 1.807) is 0 Å². The number of carbonyl (C=O) groups is 1. The van der Waals surface area contributed by atoms with Gasteiger partial charge in [0.15, 0.2) is 0 Å². The van der Waals surface area contributed by atoms with Gasteiger partial charge < -0.3 is 5.11 Å². The zero-order valence-corrected chi connectivity index (χ0v) is 13.1. The minimum Gasteiger partial charge on any atom is -0.478 e. The number of hydrogen-bond acceptors (Lipinski definition) is 3. The minimum absolute atomic E-state index is 0.0569. The van der Waals surface area contributed by atoms with Gasteiger partial charge >= 0.3 is 5.97 Å². The van der Waals surface area contributed by atoms with Crippen molar-refractivity contribution in [3.05, 3.63) is 87.5 Å². The number of carboxylic acids is 1. The van der Waals surface area contributed by atoms with E-state index in [0.29, 0.717) is 5.56 Å². The number of nitro benzene ring substituents is 1. The summed E-state index contributed by atoms with van der Waals surface area (Å²) in [4.78, 5) is 22.1. The van der Waals surface area contributed by atoms with Gasteiger partial charge in [-0.25, -0.2) is 4.79 Å². The number of hydrogen-bond donors (Lipinski definition) is 1. The normalized spacial score (nSPS) is 11.7. The Kier molecular flexibility index (Phi) is 3.35. The van der Waals surface area contributed by atoms with E-state index < -0.39 is 10.9 Å². The molecule has 1 N–H and O–H groups in total. The van der Waals surface area contributed by atoms with E-state index in [9.17, 15) is 20.0 Å². The second-order valence-electron chi connectivity index (χ2n) is 5.96. The molecular weight excluding hydrogens is 318 g/mol. The molecule has 0 heterocycles. The van der Waals surface area contributed by atoms with Crippen LogP contribution in [0.3, 0.4) is 0 Å². The summed E-state index contributed by atoms with van der Waals surface area (Å²) in [6.45, 7) is 0. The Morgan fingerprint density at radius 3 is 2.32 bits per heavy atom. The van der Waals surface area contributed by atoms with Crippen molar-refractivity contribution < 1.29 is 14.8 Å². The Morgan fingerprint density at radius 1 is 0.920 bits per heavy atom. The van der Waals surface area contributed by atoms with Crippen molar-refractivity contribution in [2.75, 3.05) is 0 Å². The van der Waals surface area contributed by atoms with E-state index in [2.05, 4.69) is 12.1 Å². The van der Waals surface area contributed by atoms with E-state index in [4.69, 9.17) is 0 Å². The third-order valence-electron chi connectivity index (χ3n) is 4.59. The average molecular weight is 331 g/mol. The van der Waals surface area contributed by atoms with Gasteiger partial charge in [-0.2, -0.15) is 0 Å². The fourth-order valence-electron chi connectivity index (χ4n) is 3.47. The first-order valence-corrected chi connectivity index (χ1v) is 7.78. The standard InChI is InChI=1S/C20H13NO4/c22-20(23)19-11-13(21(24)25)8-9-17(19)16-7-3-6-15-14-5-2-1-4-12(14)10-18(15)16/h1-9,11H,10H2,(H,22,23). The van der Waals surface area contributed by atoms with Gasteiger partial charge in [0.05, 0.1) is 10.5 Å². The minimum atomic E-state index is -1.17. The highest BCUT2D eigenvalue weighted by molar-refractivity contribution is 5.98. The summed E-state index contributed by atoms with van der Waals surface area (Å²) in [6.07, 6.45) is 0.720. The van der Waals surface area contributed by atoms with Gasteiger partial charge in [-0.1, -0.05) is 42.5 Å². The monoisotopic (exact) mass is 331 g/mol. The molecule has 5 nitrogen and oxygen atoms in total. The van der Waals surface area contributed by atoms with E-state index in [0.717, 1.165) is 34.7 Å². The van der Waals surface area contributed by atoms with Crippen LogP contribution in [0.5, 0.6) is 0 Å². The molecule has 4 rings (SSSR count). The zero-order chi connectivity index (χ0) is 17.6. The van der Waals surface area contributed by atoms with Gasteiger partial charge in [0.1, 0.15) is 0 Å². The lowest BCUT2D eigenvalue weighted by atomic mass is 9.92. The second-order valence-corrected chi connectivity index (χ2v) is 5.96. The van der Waals surface area contributed by atoms with Crippen LogP contribution in [0.2, 0.25) is 0 Å².